The molecule has 2 saturated heterocycles. The molecule has 0 unspecified atom stereocenters. The van der Waals surface area contributed by atoms with Gasteiger partial charge in [0.1, 0.15) is 16.5 Å². The number of piperazine rings is 1. The highest BCUT2D eigenvalue weighted by Crippen LogP contribution is 2.35. The number of anilines is 1. The van der Waals surface area contributed by atoms with Crippen LogP contribution < -0.4 is 4.90 Å². The Morgan fingerprint density at radius 3 is 2.31 bits per heavy atom. The zero-order chi connectivity index (χ0) is 20.8. The molecule has 0 aliphatic carbocycles. The van der Waals surface area contributed by atoms with Gasteiger partial charge in [0.25, 0.3) is 0 Å². The fourth-order valence-electron chi connectivity index (χ4n) is 4.22. The Labute approximate surface area is 177 Å². The van der Waals surface area contributed by atoms with Crippen molar-refractivity contribution in [3.63, 3.8) is 0 Å². The number of sulfonamides is 1. The molecule has 0 amide bonds. The lowest BCUT2D eigenvalue weighted by molar-refractivity contribution is 0.181. The Kier molecular flexibility index (Phi) is 5.85. The number of piperidine rings is 1. The van der Waals surface area contributed by atoms with Gasteiger partial charge >= 0.3 is 0 Å². The second-order valence-electron chi connectivity index (χ2n) is 8.53. The van der Waals surface area contributed by atoms with E-state index in [1.165, 1.54) is 29.5 Å². The Morgan fingerprint density at radius 2 is 1.69 bits per heavy atom. The Balaban J connectivity index is 1.63. The van der Waals surface area contributed by atoms with Crippen molar-refractivity contribution >= 4 is 37.4 Å². The highest BCUT2D eigenvalue weighted by Gasteiger charge is 2.27. The van der Waals surface area contributed by atoms with Crippen molar-refractivity contribution in [3.8, 4) is 0 Å². The van der Waals surface area contributed by atoms with E-state index in [2.05, 4.69) is 30.6 Å². The summed E-state index contributed by atoms with van der Waals surface area (Å²) < 4.78 is 25.3. The molecule has 4 heterocycles. The SMILES string of the molecule is Cc1sc2nc(CN3CCC(C)CC3)nc(N3CCN(S(C)(=O)=O)CC3)c2c1C. The maximum atomic E-state index is 11.9. The summed E-state index contributed by atoms with van der Waals surface area (Å²) in [4.78, 5) is 16.9. The van der Waals surface area contributed by atoms with Crippen molar-refractivity contribution < 1.29 is 8.42 Å². The molecule has 4 rings (SSSR count). The van der Waals surface area contributed by atoms with Crippen LogP contribution in [0.25, 0.3) is 10.2 Å². The first kappa shape index (κ1) is 21.0. The van der Waals surface area contributed by atoms with Gasteiger partial charge in [-0.05, 0) is 51.3 Å². The van der Waals surface area contributed by atoms with Gasteiger partial charge in [0, 0.05) is 31.1 Å². The molecule has 0 radical (unpaired) electrons. The van der Waals surface area contributed by atoms with Crippen molar-refractivity contribution in [2.24, 2.45) is 5.92 Å². The summed E-state index contributed by atoms with van der Waals surface area (Å²) in [5.41, 5.74) is 1.24. The first-order valence-electron chi connectivity index (χ1n) is 10.4. The van der Waals surface area contributed by atoms with E-state index in [1.54, 1.807) is 15.6 Å². The Morgan fingerprint density at radius 1 is 1.03 bits per heavy atom. The van der Waals surface area contributed by atoms with Gasteiger partial charge in [-0.15, -0.1) is 11.3 Å². The number of fused-ring (bicyclic) bond motifs is 1. The largest absolute Gasteiger partial charge is 0.353 e. The minimum atomic E-state index is -3.14. The van der Waals surface area contributed by atoms with Gasteiger partial charge < -0.3 is 4.90 Å². The monoisotopic (exact) mass is 437 g/mol. The van der Waals surface area contributed by atoms with Gasteiger partial charge in [0.15, 0.2) is 0 Å². The molecule has 2 aliphatic rings. The van der Waals surface area contributed by atoms with E-state index in [1.807, 2.05) is 0 Å². The van der Waals surface area contributed by atoms with Crippen molar-refractivity contribution in [2.45, 2.75) is 40.2 Å². The molecule has 2 aromatic heterocycles. The van der Waals surface area contributed by atoms with Gasteiger partial charge in [-0.1, -0.05) is 6.92 Å². The van der Waals surface area contributed by atoms with Gasteiger partial charge in [-0.25, -0.2) is 18.4 Å². The highest BCUT2D eigenvalue weighted by atomic mass is 32.2. The third-order valence-corrected chi connectivity index (χ3v) is 8.71. The van der Waals surface area contributed by atoms with Crippen LogP contribution in [0.5, 0.6) is 0 Å². The zero-order valence-electron chi connectivity index (χ0n) is 17.8. The van der Waals surface area contributed by atoms with E-state index in [9.17, 15) is 8.42 Å². The number of aryl methyl sites for hydroxylation is 2. The van der Waals surface area contributed by atoms with Crippen LogP contribution >= 0.6 is 11.3 Å². The lowest BCUT2D eigenvalue weighted by Gasteiger charge is -2.34. The highest BCUT2D eigenvalue weighted by molar-refractivity contribution is 7.88. The topological polar surface area (TPSA) is 69.6 Å². The third-order valence-electron chi connectivity index (χ3n) is 6.30. The summed E-state index contributed by atoms with van der Waals surface area (Å²) in [7, 11) is -3.14. The molecule has 9 heteroatoms. The lowest BCUT2D eigenvalue weighted by Crippen LogP contribution is -2.48. The average molecular weight is 438 g/mol. The molecule has 0 bridgehead atoms. The van der Waals surface area contributed by atoms with Crippen molar-refractivity contribution in [3.05, 3.63) is 16.3 Å². The number of nitrogens with zero attached hydrogens (tertiary/aromatic N) is 5. The normalized spacial score (nSPS) is 20.6. The first-order chi connectivity index (χ1) is 13.7. The lowest BCUT2D eigenvalue weighted by atomic mass is 9.99. The summed E-state index contributed by atoms with van der Waals surface area (Å²) >= 11 is 1.74. The van der Waals surface area contributed by atoms with Crippen LogP contribution in [0.3, 0.4) is 0 Å². The Hall–Kier alpha value is -1.29. The molecule has 2 aliphatic heterocycles. The molecule has 160 valence electrons. The number of rotatable bonds is 4. The molecule has 29 heavy (non-hydrogen) atoms. The van der Waals surface area contributed by atoms with Crippen molar-refractivity contribution in [1.29, 1.82) is 0 Å². The fourth-order valence-corrected chi connectivity index (χ4v) is 6.09. The number of aromatic nitrogens is 2. The minimum absolute atomic E-state index is 0.506. The van der Waals surface area contributed by atoms with E-state index in [4.69, 9.17) is 9.97 Å². The molecule has 2 fully saturated rings. The van der Waals surface area contributed by atoms with Gasteiger partial charge in [0.2, 0.25) is 10.0 Å². The van der Waals surface area contributed by atoms with Crippen LogP contribution in [0.1, 0.15) is 36.0 Å². The standard InChI is InChI=1S/C20H31N5O2S2/c1-14-5-7-23(8-6-14)13-17-21-19(18-15(2)16(3)28-20(18)22-17)24-9-11-25(12-10-24)29(4,26)27/h14H,5-13H2,1-4H3. The van der Waals surface area contributed by atoms with Crippen LogP contribution in [0.2, 0.25) is 0 Å². The van der Waals surface area contributed by atoms with Crippen LogP contribution in [-0.4, -0.2) is 73.1 Å². The van der Waals surface area contributed by atoms with Gasteiger partial charge in [-0.3, -0.25) is 4.90 Å². The summed E-state index contributed by atoms with van der Waals surface area (Å²) in [5.74, 6) is 2.66. The molecule has 7 nitrogen and oxygen atoms in total. The minimum Gasteiger partial charge on any atom is -0.353 e. The van der Waals surface area contributed by atoms with Crippen molar-refractivity contribution in [2.75, 3.05) is 50.4 Å². The molecule has 0 aromatic carbocycles. The van der Waals surface area contributed by atoms with Crippen LogP contribution in [0, 0.1) is 19.8 Å². The van der Waals surface area contributed by atoms with Crippen molar-refractivity contribution in [1.82, 2.24) is 19.2 Å². The summed E-state index contributed by atoms with van der Waals surface area (Å²) in [5, 5.41) is 1.14. The van der Waals surface area contributed by atoms with Gasteiger partial charge in [-0.2, -0.15) is 4.31 Å². The molecule has 2 aromatic rings. The molecule has 0 atom stereocenters. The zero-order valence-corrected chi connectivity index (χ0v) is 19.4. The summed E-state index contributed by atoms with van der Waals surface area (Å²) in [6.45, 7) is 11.9. The molecule has 0 N–H and O–H groups in total. The average Bonchev–Trinajstić information content (AvgIpc) is 2.96. The van der Waals surface area contributed by atoms with Crippen LogP contribution in [0.15, 0.2) is 0 Å². The number of hydrogen-bond donors (Lipinski definition) is 0. The van der Waals surface area contributed by atoms with E-state index < -0.39 is 10.0 Å². The van der Waals surface area contributed by atoms with E-state index in [0.29, 0.717) is 26.2 Å². The summed E-state index contributed by atoms with van der Waals surface area (Å²) in [6, 6.07) is 0. The molecule has 0 saturated carbocycles. The van der Waals surface area contributed by atoms with Crippen LogP contribution in [0.4, 0.5) is 5.82 Å². The second kappa shape index (κ2) is 8.09. The Bertz CT molecular complexity index is 988. The third kappa shape index (κ3) is 4.42. The molecular formula is C20H31N5O2S2. The fraction of sp³-hybridized carbons (Fsp3) is 0.700. The van der Waals surface area contributed by atoms with E-state index in [0.717, 1.165) is 47.4 Å². The number of thiophene rings is 1. The first-order valence-corrected chi connectivity index (χ1v) is 13.1. The van der Waals surface area contributed by atoms with E-state index >= 15 is 0 Å². The quantitative estimate of drug-likeness (QED) is 0.732. The maximum Gasteiger partial charge on any atom is 0.211 e. The second-order valence-corrected chi connectivity index (χ2v) is 11.7. The number of hydrogen-bond acceptors (Lipinski definition) is 7. The smallest absolute Gasteiger partial charge is 0.211 e. The van der Waals surface area contributed by atoms with Gasteiger partial charge in [0.05, 0.1) is 18.2 Å². The van der Waals surface area contributed by atoms with Crippen LogP contribution in [-0.2, 0) is 16.6 Å². The predicted molar refractivity (Wildman–Crippen MR) is 119 cm³/mol. The van der Waals surface area contributed by atoms with E-state index in [-0.39, 0.29) is 0 Å². The number of likely N-dealkylation sites (tertiary alicyclic amines) is 1. The maximum absolute atomic E-state index is 11.9. The predicted octanol–water partition coefficient (Wildman–Crippen LogP) is 2.62. The molecule has 0 spiro atoms. The molecular weight excluding hydrogens is 406 g/mol. The summed E-state index contributed by atoms with van der Waals surface area (Å²) in [6.07, 6.45) is 3.76.